The van der Waals surface area contributed by atoms with Crippen LogP contribution in [0, 0.1) is 0 Å². The van der Waals surface area contributed by atoms with Gasteiger partial charge in [0, 0.05) is 26.1 Å². The highest BCUT2D eigenvalue weighted by molar-refractivity contribution is 7.89. The van der Waals surface area contributed by atoms with Gasteiger partial charge in [-0.3, -0.25) is 4.79 Å². The molecule has 7 nitrogen and oxygen atoms in total. The molecule has 1 saturated heterocycles. The second kappa shape index (κ2) is 7.40. The zero-order valence-electron chi connectivity index (χ0n) is 13.5. The van der Waals surface area contributed by atoms with Crippen molar-refractivity contribution in [3.05, 3.63) is 23.8 Å². The summed E-state index contributed by atoms with van der Waals surface area (Å²) in [6, 6.07) is 5.45. The van der Waals surface area contributed by atoms with Crippen molar-refractivity contribution in [1.82, 2.24) is 9.62 Å². The predicted octanol–water partition coefficient (Wildman–Crippen LogP) is 1.24. The Morgan fingerprint density at radius 2 is 1.88 bits per heavy atom. The molecule has 2 heterocycles. The maximum atomic E-state index is 12.2. The van der Waals surface area contributed by atoms with E-state index in [-0.39, 0.29) is 24.9 Å². The van der Waals surface area contributed by atoms with Gasteiger partial charge >= 0.3 is 0 Å². The van der Waals surface area contributed by atoms with Crippen LogP contribution >= 0.6 is 0 Å². The maximum absolute atomic E-state index is 12.2. The van der Waals surface area contributed by atoms with Crippen molar-refractivity contribution in [3.63, 3.8) is 0 Å². The molecule has 1 fully saturated rings. The summed E-state index contributed by atoms with van der Waals surface area (Å²) in [5.41, 5.74) is 0.881. The SMILES string of the molecule is O=C(CCS(=O)(=O)N1CCCCC1)NCc1ccc2c(c1)OCO2. The number of rotatable bonds is 6. The molecule has 1 aromatic carbocycles. The summed E-state index contributed by atoms with van der Waals surface area (Å²) in [6.07, 6.45) is 2.84. The number of piperidine rings is 1. The number of hydrogen-bond acceptors (Lipinski definition) is 5. The zero-order chi connectivity index (χ0) is 17.0. The van der Waals surface area contributed by atoms with E-state index >= 15 is 0 Å². The van der Waals surface area contributed by atoms with Gasteiger partial charge in [-0.2, -0.15) is 0 Å². The molecule has 0 atom stereocenters. The molecule has 1 aromatic rings. The van der Waals surface area contributed by atoms with Crippen molar-refractivity contribution in [3.8, 4) is 11.5 Å². The molecule has 8 heteroatoms. The lowest BCUT2D eigenvalue weighted by Gasteiger charge is -2.25. The van der Waals surface area contributed by atoms with E-state index in [9.17, 15) is 13.2 Å². The summed E-state index contributed by atoms with van der Waals surface area (Å²) in [7, 11) is -3.33. The van der Waals surface area contributed by atoms with Crippen molar-refractivity contribution < 1.29 is 22.7 Å². The smallest absolute Gasteiger partial charge is 0.231 e. The second-order valence-corrected chi connectivity index (χ2v) is 8.08. The molecule has 0 bridgehead atoms. The molecule has 1 amide bonds. The summed E-state index contributed by atoms with van der Waals surface area (Å²) in [5, 5.41) is 2.75. The van der Waals surface area contributed by atoms with E-state index in [2.05, 4.69) is 5.32 Å². The summed E-state index contributed by atoms with van der Waals surface area (Å²) < 4.78 is 36.4. The molecule has 24 heavy (non-hydrogen) atoms. The number of nitrogens with zero attached hydrogens (tertiary/aromatic N) is 1. The van der Waals surface area contributed by atoms with Gasteiger partial charge in [0.25, 0.3) is 0 Å². The highest BCUT2D eigenvalue weighted by atomic mass is 32.2. The number of fused-ring (bicyclic) bond motifs is 1. The molecule has 2 aliphatic rings. The molecule has 132 valence electrons. The molecule has 1 N–H and O–H groups in total. The maximum Gasteiger partial charge on any atom is 0.231 e. The van der Waals surface area contributed by atoms with Crippen molar-refractivity contribution >= 4 is 15.9 Å². The van der Waals surface area contributed by atoms with Crippen LogP contribution in [0.15, 0.2) is 18.2 Å². The molecular formula is C16H22N2O5S. The van der Waals surface area contributed by atoms with Crippen LogP contribution in [0.5, 0.6) is 11.5 Å². The zero-order valence-corrected chi connectivity index (χ0v) is 14.3. The minimum absolute atomic E-state index is 0.0244. The lowest BCUT2D eigenvalue weighted by molar-refractivity contribution is -0.120. The van der Waals surface area contributed by atoms with Crippen LogP contribution in [-0.4, -0.2) is 44.3 Å². The Morgan fingerprint density at radius 1 is 1.12 bits per heavy atom. The normalized spacial score (nSPS) is 17.7. The lowest BCUT2D eigenvalue weighted by atomic mass is 10.2. The van der Waals surface area contributed by atoms with Gasteiger partial charge in [-0.15, -0.1) is 0 Å². The average molecular weight is 354 g/mol. The minimum atomic E-state index is -3.33. The monoisotopic (exact) mass is 354 g/mol. The number of nitrogens with one attached hydrogen (secondary N) is 1. The molecule has 0 spiro atoms. The molecule has 3 rings (SSSR count). The Morgan fingerprint density at radius 3 is 2.67 bits per heavy atom. The first-order valence-corrected chi connectivity index (χ1v) is 9.78. The van der Waals surface area contributed by atoms with Crippen LogP contribution < -0.4 is 14.8 Å². The van der Waals surface area contributed by atoms with Crippen LogP contribution in [0.2, 0.25) is 0 Å². The number of ether oxygens (including phenoxy) is 2. The number of amides is 1. The third-order valence-corrected chi connectivity index (χ3v) is 6.09. The Bertz CT molecular complexity index is 698. The second-order valence-electron chi connectivity index (χ2n) is 5.99. The van der Waals surface area contributed by atoms with Crippen molar-refractivity contribution in [2.75, 3.05) is 25.6 Å². The standard InChI is InChI=1S/C16H22N2O5S/c19-16(6-9-24(20,21)18-7-2-1-3-8-18)17-11-13-4-5-14-15(10-13)23-12-22-14/h4-5,10H,1-3,6-9,11-12H2,(H,17,19). The first kappa shape index (κ1) is 17.0. The summed E-state index contributed by atoms with van der Waals surface area (Å²) in [5.74, 6) is 0.945. The molecule has 0 aromatic heterocycles. The third-order valence-electron chi connectivity index (χ3n) is 4.22. The predicted molar refractivity (Wildman–Crippen MR) is 88.2 cm³/mol. The molecule has 0 unspecified atom stereocenters. The number of sulfonamides is 1. The number of carbonyl (C=O) groups excluding carboxylic acids is 1. The fraction of sp³-hybridized carbons (Fsp3) is 0.562. The van der Waals surface area contributed by atoms with Crippen LogP contribution in [0.1, 0.15) is 31.2 Å². The quantitative estimate of drug-likeness (QED) is 0.831. The van der Waals surface area contributed by atoms with Crippen LogP contribution in [0.4, 0.5) is 0 Å². The topological polar surface area (TPSA) is 84.9 Å². The molecular weight excluding hydrogens is 332 g/mol. The van der Waals surface area contributed by atoms with Gasteiger partial charge < -0.3 is 14.8 Å². The van der Waals surface area contributed by atoms with Gasteiger partial charge in [0.05, 0.1) is 5.75 Å². The van der Waals surface area contributed by atoms with Gasteiger partial charge in [-0.25, -0.2) is 12.7 Å². The summed E-state index contributed by atoms with van der Waals surface area (Å²) in [4.78, 5) is 11.9. The van der Waals surface area contributed by atoms with E-state index in [1.54, 1.807) is 6.07 Å². The lowest BCUT2D eigenvalue weighted by Crippen LogP contribution is -2.38. The van der Waals surface area contributed by atoms with E-state index in [0.29, 0.717) is 31.1 Å². The van der Waals surface area contributed by atoms with Gasteiger partial charge in [0.15, 0.2) is 11.5 Å². The Labute approximate surface area is 142 Å². The average Bonchev–Trinajstić information content (AvgIpc) is 3.07. The van der Waals surface area contributed by atoms with Gasteiger partial charge in [0.2, 0.25) is 22.7 Å². The minimum Gasteiger partial charge on any atom is -0.454 e. The van der Waals surface area contributed by atoms with E-state index in [0.717, 1.165) is 24.8 Å². The van der Waals surface area contributed by atoms with Crippen molar-refractivity contribution in [2.24, 2.45) is 0 Å². The summed E-state index contributed by atoms with van der Waals surface area (Å²) in [6.45, 7) is 1.68. The Balaban J connectivity index is 1.45. The molecule has 0 aliphatic carbocycles. The fourth-order valence-corrected chi connectivity index (χ4v) is 4.35. The summed E-state index contributed by atoms with van der Waals surface area (Å²) >= 11 is 0. The van der Waals surface area contributed by atoms with Gasteiger partial charge in [-0.1, -0.05) is 12.5 Å². The van der Waals surface area contributed by atoms with E-state index in [4.69, 9.17) is 9.47 Å². The van der Waals surface area contributed by atoms with Crippen LogP contribution in [0.25, 0.3) is 0 Å². The first-order valence-electron chi connectivity index (χ1n) is 8.18. The van der Waals surface area contributed by atoms with Crippen molar-refractivity contribution in [2.45, 2.75) is 32.2 Å². The largest absolute Gasteiger partial charge is 0.454 e. The van der Waals surface area contributed by atoms with E-state index in [1.165, 1.54) is 4.31 Å². The number of carbonyl (C=O) groups is 1. The van der Waals surface area contributed by atoms with E-state index < -0.39 is 10.0 Å². The Kier molecular flexibility index (Phi) is 5.25. The molecule has 0 saturated carbocycles. The van der Waals surface area contributed by atoms with Crippen LogP contribution in [0.3, 0.4) is 0 Å². The van der Waals surface area contributed by atoms with Crippen molar-refractivity contribution in [1.29, 1.82) is 0 Å². The number of hydrogen-bond donors (Lipinski definition) is 1. The molecule has 0 radical (unpaired) electrons. The third kappa shape index (κ3) is 4.18. The Hall–Kier alpha value is -1.80. The van der Waals surface area contributed by atoms with Crippen LogP contribution in [-0.2, 0) is 21.4 Å². The number of benzene rings is 1. The first-order chi connectivity index (χ1) is 11.5. The fourth-order valence-electron chi connectivity index (χ4n) is 2.83. The highest BCUT2D eigenvalue weighted by Gasteiger charge is 2.24. The molecule has 2 aliphatic heterocycles. The van der Waals surface area contributed by atoms with Gasteiger partial charge in [0.1, 0.15) is 0 Å². The van der Waals surface area contributed by atoms with E-state index in [1.807, 2.05) is 12.1 Å². The van der Waals surface area contributed by atoms with Gasteiger partial charge in [-0.05, 0) is 30.5 Å². The highest BCUT2D eigenvalue weighted by Crippen LogP contribution is 2.32.